The van der Waals surface area contributed by atoms with Crippen LogP contribution in [0.2, 0.25) is 0 Å². The minimum atomic E-state index is -4.15. The van der Waals surface area contributed by atoms with Crippen LogP contribution in [0.4, 0.5) is 13.2 Å². The van der Waals surface area contributed by atoms with E-state index in [4.69, 9.17) is 0 Å². The highest BCUT2D eigenvalue weighted by Crippen LogP contribution is 2.25. The van der Waals surface area contributed by atoms with Crippen molar-refractivity contribution in [1.29, 1.82) is 0 Å². The summed E-state index contributed by atoms with van der Waals surface area (Å²) in [6.07, 6.45) is -4.15. The lowest BCUT2D eigenvalue weighted by atomic mass is 10.1. The summed E-state index contributed by atoms with van der Waals surface area (Å²) in [6, 6.07) is -1.38. The number of nitrogens with zero attached hydrogens (tertiary/aromatic N) is 2. The Balaban J connectivity index is 2.41. The zero-order chi connectivity index (χ0) is 13.3. The summed E-state index contributed by atoms with van der Waals surface area (Å²) in [5.41, 5.74) is -0.794. The molecule has 0 aromatic carbocycles. The van der Waals surface area contributed by atoms with Crippen LogP contribution in [-0.2, 0) is 0 Å². The smallest absolute Gasteiger partial charge is 0.389 e. The van der Waals surface area contributed by atoms with Crippen molar-refractivity contribution in [3.8, 4) is 0 Å². The zero-order valence-corrected chi connectivity index (χ0v) is 10.6. The summed E-state index contributed by atoms with van der Waals surface area (Å²) < 4.78 is 37.5. The molecule has 0 spiro atoms. The zero-order valence-electron chi connectivity index (χ0n) is 10.6. The van der Waals surface area contributed by atoms with E-state index in [1.807, 2.05) is 4.90 Å². The molecule has 0 radical (unpaired) electrons. The first kappa shape index (κ1) is 14.7. The lowest BCUT2D eigenvalue weighted by Crippen LogP contribution is -2.55. The minimum Gasteiger partial charge on any atom is -0.389 e. The van der Waals surface area contributed by atoms with Crippen LogP contribution in [0.15, 0.2) is 0 Å². The third kappa shape index (κ3) is 4.81. The van der Waals surface area contributed by atoms with E-state index >= 15 is 0 Å². The van der Waals surface area contributed by atoms with Gasteiger partial charge < -0.3 is 5.11 Å². The van der Waals surface area contributed by atoms with E-state index in [-0.39, 0.29) is 0 Å². The van der Waals surface area contributed by atoms with Crippen LogP contribution < -0.4 is 0 Å². The largest absolute Gasteiger partial charge is 0.403 e. The van der Waals surface area contributed by atoms with Gasteiger partial charge in [-0.1, -0.05) is 0 Å². The summed E-state index contributed by atoms with van der Waals surface area (Å²) in [7, 11) is 0. The van der Waals surface area contributed by atoms with E-state index in [0.717, 1.165) is 0 Å². The van der Waals surface area contributed by atoms with Crippen molar-refractivity contribution in [2.45, 2.75) is 38.6 Å². The minimum absolute atomic E-state index is 0.400. The van der Waals surface area contributed by atoms with Gasteiger partial charge in [0.1, 0.15) is 6.04 Å². The van der Waals surface area contributed by atoms with Crippen molar-refractivity contribution in [3.63, 3.8) is 0 Å². The molecule has 0 saturated carbocycles. The molecule has 17 heavy (non-hydrogen) atoms. The Morgan fingerprint density at radius 1 is 1.12 bits per heavy atom. The van der Waals surface area contributed by atoms with Crippen molar-refractivity contribution in [2.75, 3.05) is 32.7 Å². The van der Waals surface area contributed by atoms with Crippen LogP contribution >= 0.6 is 0 Å². The van der Waals surface area contributed by atoms with Crippen molar-refractivity contribution in [1.82, 2.24) is 9.80 Å². The van der Waals surface area contributed by atoms with Gasteiger partial charge in [-0.25, -0.2) is 0 Å². The Kier molecular flexibility index (Phi) is 4.43. The lowest BCUT2D eigenvalue weighted by molar-refractivity contribution is -0.183. The molecule has 1 saturated heterocycles. The van der Waals surface area contributed by atoms with Crippen LogP contribution in [0.25, 0.3) is 0 Å². The fourth-order valence-electron chi connectivity index (χ4n) is 2.06. The van der Waals surface area contributed by atoms with Crippen LogP contribution in [0.1, 0.15) is 20.8 Å². The van der Waals surface area contributed by atoms with Gasteiger partial charge in [-0.3, -0.25) is 9.80 Å². The van der Waals surface area contributed by atoms with Gasteiger partial charge in [-0.2, -0.15) is 13.2 Å². The Bertz CT molecular complexity index is 242. The number of rotatable bonds is 3. The second-order valence-corrected chi connectivity index (χ2v) is 5.34. The van der Waals surface area contributed by atoms with E-state index in [9.17, 15) is 18.3 Å². The summed E-state index contributed by atoms with van der Waals surface area (Å²) in [5.74, 6) is 0. The van der Waals surface area contributed by atoms with Crippen molar-refractivity contribution in [3.05, 3.63) is 0 Å². The first-order valence-electron chi connectivity index (χ1n) is 5.85. The number of piperazine rings is 1. The van der Waals surface area contributed by atoms with Gasteiger partial charge >= 0.3 is 6.18 Å². The molecular formula is C11H21F3N2O. The predicted molar refractivity (Wildman–Crippen MR) is 59.8 cm³/mol. The van der Waals surface area contributed by atoms with Gasteiger partial charge in [0.05, 0.1) is 5.60 Å². The molecule has 1 atom stereocenters. The highest BCUT2D eigenvalue weighted by molar-refractivity contribution is 4.82. The first-order valence-corrected chi connectivity index (χ1v) is 5.85. The first-order chi connectivity index (χ1) is 7.59. The summed E-state index contributed by atoms with van der Waals surface area (Å²) >= 11 is 0. The topological polar surface area (TPSA) is 26.7 Å². The van der Waals surface area contributed by atoms with Gasteiger partial charge in [0, 0.05) is 32.7 Å². The van der Waals surface area contributed by atoms with Gasteiger partial charge in [-0.05, 0) is 20.8 Å². The van der Waals surface area contributed by atoms with E-state index < -0.39 is 17.8 Å². The molecule has 0 aliphatic carbocycles. The molecule has 1 heterocycles. The van der Waals surface area contributed by atoms with Crippen molar-refractivity contribution >= 4 is 0 Å². The third-order valence-corrected chi connectivity index (χ3v) is 3.04. The maximum absolute atomic E-state index is 12.5. The van der Waals surface area contributed by atoms with E-state index in [0.29, 0.717) is 32.7 Å². The molecule has 0 aromatic rings. The molecule has 102 valence electrons. The highest BCUT2D eigenvalue weighted by atomic mass is 19.4. The molecule has 1 aliphatic heterocycles. The average Bonchev–Trinajstić information content (AvgIpc) is 2.14. The quantitative estimate of drug-likeness (QED) is 0.823. The molecule has 6 heteroatoms. The maximum Gasteiger partial charge on any atom is 0.403 e. The number of aliphatic hydroxyl groups is 1. The molecular weight excluding hydrogens is 233 g/mol. The Morgan fingerprint density at radius 2 is 1.59 bits per heavy atom. The molecule has 1 N–H and O–H groups in total. The van der Waals surface area contributed by atoms with Gasteiger partial charge in [0.15, 0.2) is 0 Å². The molecule has 0 aromatic heterocycles. The standard InChI is InChI=1S/C11H21F3N2O/c1-9(11(12,13)14)16-6-4-15(5-7-16)8-10(2,3)17/h9,17H,4-8H2,1-3H3. The Hall–Kier alpha value is -0.330. The molecule has 0 amide bonds. The van der Waals surface area contributed by atoms with Gasteiger partial charge in [-0.15, -0.1) is 0 Å². The number of hydrogen-bond acceptors (Lipinski definition) is 3. The normalized spacial score (nSPS) is 22.8. The number of halogens is 3. The number of hydrogen-bond donors (Lipinski definition) is 1. The second-order valence-electron chi connectivity index (χ2n) is 5.34. The van der Waals surface area contributed by atoms with E-state index in [1.54, 1.807) is 13.8 Å². The van der Waals surface area contributed by atoms with Crippen LogP contribution in [-0.4, -0.2) is 65.4 Å². The van der Waals surface area contributed by atoms with Crippen LogP contribution in [0, 0.1) is 0 Å². The third-order valence-electron chi connectivity index (χ3n) is 3.04. The fourth-order valence-corrected chi connectivity index (χ4v) is 2.06. The molecule has 1 unspecified atom stereocenters. The maximum atomic E-state index is 12.5. The molecule has 1 rings (SSSR count). The fraction of sp³-hybridized carbons (Fsp3) is 1.00. The van der Waals surface area contributed by atoms with E-state index in [2.05, 4.69) is 0 Å². The van der Waals surface area contributed by atoms with Crippen molar-refractivity contribution in [2.24, 2.45) is 0 Å². The number of β-amino-alcohol motifs (C(OH)–C–C–N with tert-alkyl or cyclic N) is 1. The molecule has 1 fully saturated rings. The monoisotopic (exact) mass is 254 g/mol. The Labute approximate surface area is 100 Å². The second kappa shape index (κ2) is 5.12. The highest BCUT2D eigenvalue weighted by Gasteiger charge is 2.40. The Morgan fingerprint density at radius 3 is 1.94 bits per heavy atom. The van der Waals surface area contributed by atoms with Crippen molar-refractivity contribution < 1.29 is 18.3 Å². The predicted octanol–water partition coefficient (Wildman–Crippen LogP) is 1.33. The lowest BCUT2D eigenvalue weighted by Gasteiger charge is -2.40. The summed E-state index contributed by atoms with van der Waals surface area (Å²) in [5, 5.41) is 9.64. The molecule has 3 nitrogen and oxygen atoms in total. The average molecular weight is 254 g/mol. The van der Waals surface area contributed by atoms with E-state index in [1.165, 1.54) is 11.8 Å². The molecule has 1 aliphatic rings. The van der Waals surface area contributed by atoms with Gasteiger partial charge in [0.2, 0.25) is 0 Å². The molecule has 0 bridgehead atoms. The summed E-state index contributed by atoms with van der Waals surface area (Å²) in [6.45, 7) is 7.06. The summed E-state index contributed by atoms with van der Waals surface area (Å²) in [4.78, 5) is 3.44. The SMILES string of the molecule is CC(N1CCN(CC(C)(C)O)CC1)C(F)(F)F. The van der Waals surface area contributed by atoms with Crippen LogP contribution in [0.3, 0.4) is 0 Å². The number of alkyl halides is 3. The van der Waals surface area contributed by atoms with Crippen LogP contribution in [0.5, 0.6) is 0 Å². The van der Waals surface area contributed by atoms with Gasteiger partial charge in [0.25, 0.3) is 0 Å².